The molecular formula is C20H18N4O5S3. The SMILES string of the molecule is CN(c1ccc(-n2nnc(S)c2-c2cccc3ccccc23)c(OS(C)(=O)=O)c1)S(=O)O. The predicted octanol–water partition coefficient (Wildman–Crippen LogP) is 3.29. The van der Waals surface area contributed by atoms with Gasteiger partial charge in [0.25, 0.3) is 11.3 Å². The molecule has 0 saturated carbocycles. The molecule has 166 valence electrons. The Labute approximate surface area is 192 Å². The van der Waals surface area contributed by atoms with E-state index >= 15 is 0 Å². The van der Waals surface area contributed by atoms with Crippen molar-refractivity contribution in [2.24, 2.45) is 0 Å². The molecule has 0 radical (unpaired) electrons. The highest BCUT2D eigenvalue weighted by molar-refractivity contribution is 7.86. The molecule has 9 nitrogen and oxygen atoms in total. The maximum atomic E-state index is 11.9. The van der Waals surface area contributed by atoms with Gasteiger partial charge in [-0.3, -0.25) is 8.86 Å². The van der Waals surface area contributed by atoms with Crippen LogP contribution < -0.4 is 8.49 Å². The van der Waals surface area contributed by atoms with Crippen molar-refractivity contribution in [3.63, 3.8) is 0 Å². The van der Waals surface area contributed by atoms with E-state index in [4.69, 9.17) is 4.18 Å². The molecule has 0 spiro atoms. The molecule has 0 aliphatic rings. The molecule has 12 heteroatoms. The quantitative estimate of drug-likeness (QED) is 0.242. The van der Waals surface area contributed by atoms with E-state index in [2.05, 4.69) is 22.9 Å². The number of fused-ring (bicyclic) bond motifs is 1. The van der Waals surface area contributed by atoms with E-state index in [0.29, 0.717) is 10.7 Å². The van der Waals surface area contributed by atoms with Crippen molar-refractivity contribution in [2.75, 3.05) is 17.6 Å². The second-order valence-corrected chi connectivity index (χ2v) is 9.88. The molecule has 4 aromatic rings. The molecule has 4 rings (SSSR count). The van der Waals surface area contributed by atoms with Crippen LogP contribution in [0.5, 0.6) is 5.75 Å². The third kappa shape index (κ3) is 4.35. The van der Waals surface area contributed by atoms with Crippen molar-refractivity contribution < 1.29 is 21.4 Å². The van der Waals surface area contributed by atoms with Gasteiger partial charge in [-0.15, -0.1) is 17.7 Å². The smallest absolute Gasteiger partial charge is 0.306 e. The lowest BCUT2D eigenvalue weighted by Gasteiger charge is -2.18. The first-order valence-corrected chi connectivity index (χ1v) is 12.5. The van der Waals surface area contributed by atoms with Gasteiger partial charge in [-0.05, 0) is 22.9 Å². The molecule has 3 aromatic carbocycles. The van der Waals surface area contributed by atoms with Gasteiger partial charge in [0.05, 0.1) is 11.9 Å². The number of nitrogens with zero attached hydrogens (tertiary/aromatic N) is 4. The Bertz CT molecular complexity index is 1450. The third-order valence-electron chi connectivity index (χ3n) is 4.71. The van der Waals surface area contributed by atoms with Gasteiger partial charge in [0.2, 0.25) is 0 Å². The molecule has 1 N–H and O–H groups in total. The summed E-state index contributed by atoms with van der Waals surface area (Å²) in [5, 5.41) is 10.5. The van der Waals surface area contributed by atoms with Gasteiger partial charge < -0.3 is 4.18 Å². The van der Waals surface area contributed by atoms with Crippen LogP contribution in [0.1, 0.15) is 0 Å². The van der Waals surface area contributed by atoms with Crippen LogP contribution in [-0.2, 0) is 21.4 Å². The monoisotopic (exact) mass is 490 g/mol. The summed E-state index contributed by atoms with van der Waals surface area (Å²) in [6.45, 7) is 0. The number of hydrogen-bond acceptors (Lipinski definition) is 7. The summed E-state index contributed by atoms with van der Waals surface area (Å²) in [5.41, 5.74) is 1.87. The fourth-order valence-corrected chi connectivity index (χ4v) is 4.31. The van der Waals surface area contributed by atoms with Crippen molar-refractivity contribution in [1.29, 1.82) is 0 Å². The Morgan fingerprint density at radius 2 is 1.84 bits per heavy atom. The van der Waals surface area contributed by atoms with E-state index in [9.17, 15) is 17.2 Å². The van der Waals surface area contributed by atoms with Crippen LogP contribution in [0.3, 0.4) is 0 Å². The molecule has 0 saturated heterocycles. The van der Waals surface area contributed by atoms with Gasteiger partial charge in [0.15, 0.2) is 5.75 Å². The molecule has 0 bridgehead atoms. The highest BCUT2D eigenvalue weighted by Gasteiger charge is 2.22. The maximum Gasteiger partial charge on any atom is 0.306 e. The summed E-state index contributed by atoms with van der Waals surface area (Å²) in [4.78, 5) is 0. The van der Waals surface area contributed by atoms with Gasteiger partial charge in [-0.25, -0.2) is 8.89 Å². The molecule has 1 aromatic heterocycles. The van der Waals surface area contributed by atoms with Crippen LogP contribution in [0, 0.1) is 0 Å². The van der Waals surface area contributed by atoms with Gasteiger partial charge in [-0.1, -0.05) is 47.7 Å². The largest absolute Gasteiger partial charge is 0.380 e. The van der Waals surface area contributed by atoms with Crippen LogP contribution in [0.2, 0.25) is 0 Å². The molecule has 32 heavy (non-hydrogen) atoms. The van der Waals surface area contributed by atoms with E-state index in [1.807, 2.05) is 42.5 Å². The molecule has 0 aliphatic carbocycles. The van der Waals surface area contributed by atoms with Crippen molar-refractivity contribution in [1.82, 2.24) is 15.0 Å². The summed E-state index contributed by atoms with van der Waals surface area (Å²) < 4.78 is 52.4. The number of hydrogen-bond donors (Lipinski definition) is 2. The normalized spacial score (nSPS) is 12.6. The molecule has 0 aliphatic heterocycles. The minimum absolute atomic E-state index is 0.0815. The standard InChI is InChI=1S/C20H18N4O5S3/c1-23(31(25)26)14-10-11-17(18(12-14)29-32(2,27)28)24-19(20(30)21-22-24)16-9-5-7-13-6-3-4-8-15(13)16/h3-12,30H,1-2H3,(H,25,26). The third-order valence-corrected chi connectivity index (χ3v) is 6.17. The fourth-order valence-electron chi connectivity index (χ4n) is 3.30. The topological polar surface area (TPSA) is 115 Å². The van der Waals surface area contributed by atoms with E-state index < -0.39 is 21.4 Å². The summed E-state index contributed by atoms with van der Waals surface area (Å²) >= 11 is 2.16. The zero-order valence-electron chi connectivity index (χ0n) is 16.9. The first-order chi connectivity index (χ1) is 15.2. The van der Waals surface area contributed by atoms with Crippen LogP contribution in [0.15, 0.2) is 65.7 Å². The lowest BCUT2D eigenvalue weighted by molar-refractivity contribution is 0.490. The minimum atomic E-state index is -3.91. The first-order valence-electron chi connectivity index (χ1n) is 9.17. The molecule has 1 atom stereocenters. The minimum Gasteiger partial charge on any atom is -0.380 e. The van der Waals surface area contributed by atoms with Gasteiger partial charge in [0.1, 0.15) is 16.4 Å². The molecular weight excluding hydrogens is 472 g/mol. The van der Waals surface area contributed by atoms with Crippen molar-refractivity contribution in [3.8, 4) is 22.7 Å². The van der Waals surface area contributed by atoms with Crippen LogP contribution in [0.25, 0.3) is 27.7 Å². The van der Waals surface area contributed by atoms with Crippen molar-refractivity contribution >= 4 is 50.5 Å². The number of anilines is 1. The van der Waals surface area contributed by atoms with Crippen LogP contribution in [-0.4, -0.2) is 45.5 Å². The second-order valence-electron chi connectivity index (χ2n) is 6.87. The Balaban J connectivity index is 1.96. The van der Waals surface area contributed by atoms with Crippen LogP contribution >= 0.6 is 12.6 Å². The Kier molecular flexibility index (Phi) is 5.95. The molecule has 0 fully saturated rings. The summed E-state index contributed by atoms with van der Waals surface area (Å²) in [6, 6.07) is 18.0. The number of benzene rings is 3. The molecule has 0 amide bonds. The van der Waals surface area contributed by atoms with E-state index in [1.165, 1.54) is 23.9 Å². The summed E-state index contributed by atoms with van der Waals surface area (Å²) in [5.74, 6) is -0.0815. The average molecular weight is 491 g/mol. The van der Waals surface area contributed by atoms with E-state index in [0.717, 1.165) is 26.9 Å². The predicted molar refractivity (Wildman–Crippen MR) is 126 cm³/mol. The lowest BCUT2D eigenvalue weighted by atomic mass is 10.0. The van der Waals surface area contributed by atoms with E-state index in [1.54, 1.807) is 6.07 Å². The van der Waals surface area contributed by atoms with Gasteiger partial charge >= 0.3 is 10.1 Å². The zero-order valence-corrected chi connectivity index (χ0v) is 19.4. The number of thiol groups is 1. The number of rotatable bonds is 6. The molecule has 1 heterocycles. The van der Waals surface area contributed by atoms with Crippen molar-refractivity contribution in [3.05, 3.63) is 60.7 Å². The maximum absolute atomic E-state index is 11.9. The Morgan fingerprint density at radius 3 is 2.56 bits per heavy atom. The fraction of sp³-hybridized carbons (Fsp3) is 0.100. The van der Waals surface area contributed by atoms with Crippen LogP contribution in [0.4, 0.5) is 5.69 Å². The Hall–Kier alpha value is -2.93. The summed E-state index contributed by atoms with van der Waals surface area (Å²) in [7, 11) is -2.53. The highest BCUT2D eigenvalue weighted by Crippen LogP contribution is 2.37. The number of aromatic nitrogens is 3. The second kappa shape index (κ2) is 8.54. The Morgan fingerprint density at radius 1 is 1.12 bits per heavy atom. The summed E-state index contributed by atoms with van der Waals surface area (Å²) in [6.07, 6.45) is 0.911. The zero-order chi connectivity index (χ0) is 23.0. The highest BCUT2D eigenvalue weighted by atomic mass is 32.2. The molecule has 1 unspecified atom stereocenters. The van der Waals surface area contributed by atoms with Gasteiger partial charge in [0, 0.05) is 18.7 Å². The van der Waals surface area contributed by atoms with E-state index in [-0.39, 0.29) is 17.1 Å². The first kappa shape index (κ1) is 22.3. The average Bonchev–Trinajstić information content (AvgIpc) is 3.12. The van der Waals surface area contributed by atoms with Crippen molar-refractivity contribution in [2.45, 2.75) is 5.03 Å². The van der Waals surface area contributed by atoms with Gasteiger partial charge in [-0.2, -0.15) is 8.42 Å². The lowest BCUT2D eigenvalue weighted by Crippen LogP contribution is -2.19.